The maximum absolute atomic E-state index is 2.60. The van der Waals surface area contributed by atoms with Crippen molar-refractivity contribution in [2.24, 2.45) is 0 Å². The summed E-state index contributed by atoms with van der Waals surface area (Å²) in [6, 6.07) is 61.1. The molecule has 3 unspecified atom stereocenters. The van der Waals surface area contributed by atoms with Crippen LogP contribution >= 0.6 is 11.8 Å². The fraction of sp³-hybridized carbons (Fsp3) is 0.0638. The summed E-state index contributed by atoms with van der Waals surface area (Å²) in [4.78, 5) is 1.39. The number of benzene rings is 7. The van der Waals surface area contributed by atoms with E-state index in [9.17, 15) is 0 Å². The molecule has 0 saturated heterocycles. The number of hydrogen-bond donors (Lipinski definition) is 0. The van der Waals surface area contributed by atoms with Gasteiger partial charge in [-0.3, -0.25) is 0 Å². The number of thioether (sulfide) groups is 1. The monoisotopic (exact) mass is 641 g/mol. The Hall–Kier alpha value is -5.57. The minimum absolute atomic E-state index is 0.245. The molecule has 0 bridgehead atoms. The first kappa shape index (κ1) is 27.4. The van der Waals surface area contributed by atoms with Gasteiger partial charge in [0.2, 0.25) is 0 Å². The lowest BCUT2D eigenvalue weighted by atomic mass is 9.80. The standard InChI is InChI=1S/C47H31NS/c1-2-13-30(14-3-1)44-36-18-7-6-16-34(36)40-27-32(23-25-37(40)44)39-28-41-35-17-9-11-21-43(35)49-47(41)46-45(39)38-19-8-10-20-42(38)48(46)33-24-22-29-12-4-5-15-31(29)26-33/h1-28,41,44,47H. The van der Waals surface area contributed by atoms with E-state index < -0.39 is 0 Å². The summed E-state index contributed by atoms with van der Waals surface area (Å²) in [6.45, 7) is 0. The van der Waals surface area contributed by atoms with Crippen molar-refractivity contribution in [1.29, 1.82) is 0 Å². The maximum atomic E-state index is 2.60. The van der Waals surface area contributed by atoms with E-state index in [0.29, 0.717) is 0 Å². The Labute approximate surface area is 290 Å². The van der Waals surface area contributed by atoms with Crippen molar-refractivity contribution in [3.63, 3.8) is 0 Å². The number of nitrogens with zero attached hydrogens (tertiary/aromatic N) is 1. The molecule has 2 aliphatic carbocycles. The van der Waals surface area contributed by atoms with Crippen molar-refractivity contribution in [1.82, 2.24) is 4.57 Å². The van der Waals surface area contributed by atoms with E-state index in [1.54, 1.807) is 0 Å². The minimum atomic E-state index is 0.245. The molecule has 0 saturated carbocycles. The van der Waals surface area contributed by atoms with E-state index in [-0.39, 0.29) is 17.1 Å². The zero-order valence-corrected chi connectivity index (χ0v) is 27.6. The summed E-state index contributed by atoms with van der Waals surface area (Å²) in [5, 5.41) is 4.13. The predicted octanol–water partition coefficient (Wildman–Crippen LogP) is 12.3. The molecule has 1 aromatic heterocycles. The fourth-order valence-corrected chi connectivity index (χ4v) is 10.4. The lowest BCUT2D eigenvalue weighted by Crippen LogP contribution is -2.14. The van der Waals surface area contributed by atoms with Crippen LogP contribution in [0.2, 0.25) is 0 Å². The zero-order chi connectivity index (χ0) is 32.1. The van der Waals surface area contributed by atoms with Crippen molar-refractivity contribution in [2.45, 2.75) is 22.0 Å². The largest absolute Gasteiger partial charge is 0.312 e. The maximum Gasteiger partial charge on any atom is 0.0611 e. The first-order valence-electron chi connectivity index (χ1n) is 17.2. The van der Waals surface area contributed by atoms with Crippen LogP contribution in [0.5, 0.6) is 0 Å². The third-order valence-corrected chi connectivity index (χ3v) is 12.4. The van der Waals surface area contributed by atoms with Gasteiger partial charge in [-0.05, 0) is 85.6 Å². The fourth-order valence-electron chi connectivity index (χ4n) is 8.92. The molecular weight excluding hydrogens is 611 g/mol. The molecular formula is C47H31NS. The summed E-state index contributed by atoms with van der Waals surface area (Å²) < 4.78 is 2.58. The lowest BCUT2D eigenvalue weighted by Gasteiger charge is -2.28. The van der Waals surface area contributed by atoms with Gasteiger partial charge in [-0.15, -0.1) is 11.8 Å². The second-order valence-corrected chi connectivity index (χ2v) is 14.7. The van der Waals surface area contributed by atoms with Gasteiger partial charge in [0.15, 0.2) is 0 Å². The Bertz CT molecular complexity index is 2660. The molecule has 1 nitrogen and oxygen atoms in total. The summed E-state index contributed by atoms with van der Waals surface area (Å²) in [6.07, 6.45) is 2.60. The normalized spacial score (nSPS) is 18.4. The highest BCUT2D eigenvalue weighted by molar-refractivity contribution is 8.00. The number of para-hydroxylation sites is 1. The summed E-state index contributed by atoms with van der Waals surface area (Å²) >= 11 is 2.03. The molecule has 3 aliphatic rings. The number of allylic oxidation sites excluding steroid dienone is 1. The van der Waals surface area contributed by atoms with Crippen molar-refractivity contribution in [3.05, 3.63) is 209 Å². The highest BCUT2D eigenvalue weighted by atomic mass is 32.2. The molecule has 0 amide bonds. The first-order chi connectivity index (χ1) is 24.3. The van der Waals surface area contributed by atoms with Gasteiger partial charge in [0, 0.05) is 39.1 Å². The van der Waals surface area contributed by atoms with Gasteiger partial charge in [-0.2, -0.15) is 0 Å². The number of aromatic nitrogens is 1. The van der Waals surface area contributed by atoms with Crippen molar-refractivity contribution in [3.8, 4) is 16.8 Å². The van der Waals surface area contributed by atoms with Gasteiger partial charge in [0.25, 0.3) is 0 Å². The third-order valence-electron chi connectivity index (χ3n) is 11.0. The Kier molecular flexibility index (Phi) is 5.85. The highest BCUT2D eigenvalue weighted by Crippen LogP contribution is 2.61. The second kappa shape index (κ2) is 10.5. The van der Waals surface area contributed by atoms with Crippen LogP contribution in [0.3, 0.4) is 0 Å². The van der Waals surface area contributed by atoms with Gasteiger partial charge in [0.1, 0.15) is 0 Å². The Morgan fingerprint density at radius 3 is 2.18 bits per heavy atom. The van der Waals surface area contributed by atoms with Gasteiger partial charge in [0.05, 0.1) is 10.8 Å². The van der Waals surface area contributed by atoms with E-state index in [1.807, 2.05) is 11.8 Å². The molecule has 2 heteroatoms. The topological polar surface area (TPSA) is 4.93 Å². The molecule has 0 spiro atoms. The molecule has 11 rings (SSSR count). The van der Waals surface area contributed by atoms with Crippen LogP contribution in [-0.2, 0) is 0 Å². The average molecular weight is 642 g/mol. The van der Waals surface area contributed by atoms with Crippen LogP contribution in [0.15, 0.2) is 175 Å². The average Bonchev–Trinajstić information content (AvgIpc) is 3.82. The molecule has 230 valence electrons. The molecule has 7 aromatic carbocycles. The SMILES string of the molecule is C1=C(c2ccc3c(c2)-c2ccccc2C3c2ccccc2)c2c(n(-c3ccc4ccccc4c3)c3ccccc23)C2Sc3ccccc3C12. The smallest absolute Gasteiger partial charge is 0.0611 e. The van der Waals surface area contributed by atoms with Gasteiger partial charge >= 0.3 is 0 Å². The van der Waals surface area contributed by atoms with E-state index >= 15 is 0 Å². The predicted molar refractivity (Wildman–Crippen MR) is 205 cm³/mol. The second-order valence-electron chi connectivity index (χ2n) is 13.6. The lowest BCUT2D eigenvalue weighted by molar-refractivity contribution is 0.772. The summed E-state index contributed by atoms with van der Waals surface area (Å²) in [5.74, 6) is 0.527. The van der Waals surface area contributed by atoms with E-state index in [1.165, 1.54) is 88.0 Å². The Balaban J connectivity index is 1.18. The van der Waals surface area contributed by atoms with Crippen LogP contribution in [0.4, 0.5) is 0 Å². The van der Waals surface area contributed by atoms with Crippen LogP contribution in [0.1, 0.15) is 56.2 Å². The van der Waals surface area contributed by atoms with Crippen LogP contribution in [0, 0.1) is 0 Å². The number of hydrogen-bond acceptors (Lipinski definition) is 1. The van der Waals surface area contributed by atoms with Crippen molar-refractivity contribution >= 4 is 39.0 Å². The molecule has 0 fully saturated rings. The molecule has 0 radical (unpaired) electrons. The Morgan fingerprint density at radius 1 is 0.531 bits per heavy atom. The van der Waals surface area contributed by atoms with Gasteiger partial charge in [-0.1, -0.05) is 140 Å². The van der Waals surface area contributed by atoms with Crippen molar-refractivity contribution < 1.29 is 0 Å². The van der Waals surface area contributed by atoms with E-state index in [4.69, 9.17) is 0 Å². The highest BCUT2D eigenvalue weighted by Gasteiger charge is 2.42. The summed E-state index contributed by atoms with van der Waals surface area (Å²) in [7, 11) is 0. The molecule has 8 aromatic rings. The zero-order valence-electron chi connectivity index (χ0n) is 26.8. The van der Waals surface area contributed by atoms with Crippen molar-refractivity contribution in [2.75, 3.05) is 0 Å². The number of rotatable bonds is 3. The van der Waals surface area contributed by atoms with Gasteiger partial charge < -0.3 is 4.57 Å². The number of fused-ring (bicyclic) bond motifs is 11. The molecule has 2 heterocycles. The molecule has 3 atom stereocenters. The quantitative estimate of drug-likeness (QED) is 0.186. The third kappa shape index (κ3) is 3.95. The van der Waals surface area contributed by atoms with Crippen LogP contribution in [-0.4, -0.2) is 4.57 Å². The summed E-state index contributed by atoms with van der Waals surface area (Å²) in [5.41, 5.74) is 16.2. The van der Waals surface area contributed by atoms with Gasteiger partial charge in [-0.25, -0.2) is 0 Å². The molecule has 1 aliphatic heterocycles. The van der Waals surface area contributed by atoms with E-state index in [2.05, 4.69) is 174 Å². The minimum Gasteiger partial charge on any atom is -0.312 e. The van der Waals surface area contributed by atoms with E-state index in [0.717, 1.165) is 0 Å². The molecule has 49 heavy (non-hydrogen) atoms. The van der Waals surface area contributed by atoms with Crippen LogP contribution < -0.4 is 0 Å². The molecule has 0 N–H and O–H groups in total. The first-order valence-corrected chi connectivity index (χ1v) is 18.1. The Morgan fingerprint density at radius 2 is 1.27 bits per heavy atom. The van der Waals surface area contributed by atoms with Crippen LogP contribution in [0.25, 0.3) is 44.1 Å².